The summed E-state index contributed by atoms with van der Waals surface area (Å²) >= 11 is 5.61. The minimum absolute atomic E-state index is 0.000653. The van der Waals surface area contributed by atoms with E-state index < -0.39 is 24.0 Å². The lowest BCUT2D eigenvalue weighted by atomic mass is 10.2. The lowest BCUT2D eigenvalue weighted by Gasteiger charge is -2.13. The Morgan fingerprint density at radius 1 is 1.05 bits per heavy atom. The molecule has 0 saturated carbocycles. The number of anilines is 3. The molecule has 0 spiro atoms. The number of halogens is 5. The predicted molar refractivity (Wildman–Crippen MR) is 72.1 cm³/mol. The highest BCUT2D eigenvalue weighted by Gasteiger charge is 2.14. The molecule has 3 N–H and O–H groups in total. The zero-order valence-corrected chi connectivity index (χ0v) is 11.1. The zero-order valence-electron chi connectivity index (χ0n) is 10.3. The van der Waals surface area contributed by atoms with Crippen molar-refractivity contribution in [2.75, 3.05) is 11.1 Å². The van der Waals surface area contributed by atoms with Gasteiger partial charge < -0.3 is 15.8 Å². The van der Waals surface area contributed by atoms with Gasteiger partial charge in [-0.2, -0.15) is 8.78 Å². The lowest BCUT2D eigenvalue weighted by Crippen LogP contribution is -2.06. The van der Waals surface area contributed by atoms with Crippen LogP contribution < -0.4 is 15.8 Å². The summed E-state index contributed by atoms with van der Waals surface area (Å²) in [6, 6.07) is 5.52. The van der Waals surface area contributed by atoms with E-state index in [2.05, 4.69) is 10.1 Å². The largest absolute Gasteiger partial charge is 0.432 e. The molecule has 112 valence electrons. The minimum atomic E-state index is -3.19. The Labute approximate surface area is 122 Å². The number of hydrogen-bond acceptors (Lipinski definition) is 3. The number of ether oxygens (including phenoxy) is 1. The van der Waals surface area contributed by atoms with Gasteiger partial charge in [0, 0.05) is 17.2 Å². The van der Waals surface area contributed by atoms with Crippen LogP contribution >= 0.6 is 11.6 Å². The van der Waals surface area contributed by atoms with Gasteiger partial charge in [0.1, 0.15) is 5.82 Å². The Morgan fingerprint density at radius 2 is 1.76 bits per heavy atom. The van der Waals surface area contributed by atoms with Gasteiger partial charge in [-0.1, -0.05) is 11.6 Å². The van der Waals surface area contributed by atoms with Gasteiger partial charge in [-0.15, -0.1) is 0 Å². The molecule has 0 bridgehead atoms. The molecule has 2 aromatic carbocycles. The van der Waals surface area contributed by atoms with Crippen LogP contribution in [0.5, 0.6) is 5.75 Å². The van der Waals surface area contributed by atoms with Crippen LogP contribution in [0, 0.1) is 11.6 Å². The average molecular weight is 321 g/mol. The first-order valence-electron chi connectivity index (χ1n) is 5.62. The predicted octanol–water partition coefficient (Wildman–Crippen LogP) is 4.55. The molecule has 0 aliphatic rings. The molecule has 2 aromatic rings. The second kappa shape index (κ2) is 6.09. The van der Waals surface area contributed by atoms with Crippen molar-refractivity contribution in [3.05, 3.63) is 47.0 Å². The third-order valence-corrected chi connectivity index (χ3v) is 2.76. The number of nitrogens with one attached hydrogen (secondary N) is 1. The van der Waals surface area contributed by atoms with Crippen LogP contribution in [0.25, 0.3) is 0 Å². The molecule has 0 fully saturated rings. The monoisotopic (exact) mass is 320 g/mol. The van der Waals surface area contributed by atoms with E-state index in [-0.39, 0.29) is 22.1 Å². The van der Waals surface area contributed by atoms with Gasteiger partial charge in [0.25, 0.3) is 0 Å². The molecule has 21 heavy (non-hydrogen) atoms. The first-order valence-corrected chi connectivity index (χ1v) is 6.00. The van der Waals surface area contributed by atoms with E-state index in [1.54, 1.807) is 0 Å². The van der Waals surface area contributed by atoms with Crippen molar-refractivity contribution in [3.63, 3.8) is 0 Å². The van der Waals surface area contributed by atoms with Crippen LogP contribution in [0.4, 0.5) is 34.6 Å². The normalized spacial score (nSPS) is 10.8. The summed E-state index contributed by atoms with van der Waals surface area (Å²) < 4.78 is 55.4. The van der Waals surface area contributed by atoms with E-state index in [4.69, 9.17) is 17.3 Å². The Morgan fingerprint density at radius 3 is 2.38 bits per heavy atom. The van der Waals surface area contributed by atoms with E-state index in [1.165, 1.54) is 12.1 Å². The summed E-state index contributed by atoms with van der Waals surface area (Å²) in [7, 11) is 0. The Balaban J connectivity index is 2.34. The van der Waals surface area contributed by atoms with Crippen molar-refractivity contribution in [2.24, 2.45) is 0 Å². The fourth-order valence-electron chi connectivity index (χ4n) is 1.60. The maximum Gasteiger partial charge on any atom is 0.387 e. The highest BCUT2D eigenvalue weighted by Crippen LogP contribution is 2.32. The summed E-state index contributed by atoms with van der Waals surface area (Å²) in [6.07, 6.45) is 0. The van der Waals surface area contributed by atoms with Gasteiger partial charge in [-0.25, -0.2) is 8.78 Å². The molecule has 3 nitrogen and oxygen atoms in total. The topological polar surface area (TPSA) is 47.3 Å². The van der Waals surface area contributed by atoms with Crippen molar-refractivity contribution < 1.29 is 22.3 Å². The number of alkyl halides is 2. The van der Waals surface area contributed by atoms with E-state index in [0.29, 0.717) is 0 Å². The summed E-state index contributed by atoms with van der Waals surface area (Å²) in [5, 5.41) is 2.75. The summed E-state index contributed by atoms with van der Waals surface area (Å²) in [5.41, 5.74) is 5.48. The molecule has 0 heterocycles. The smallest absolute Gasteiger partial charge is 0.387 e. The van der Waals surface area contributed by atoms with Gasteiger partial charge in [0.05, 0.1) is 17.1 Å². The molecule has 0 saturated heterocycles. The van der Waals surface area contributed by atoms with Crippen molar-refractivity contribution in [3.8, 4) is 5.75 Å². The number of nitrogen functional groups attached to an aromatic ring is 1. The molecule has 0 aliphatic heterocycles. The van der Waals surface area contributed by atoms with E-state index >= 15 is 0 Å². The molecular formula is C13H9ClF4N2O. The molecule has 0 atom stereocenters. The Kier molecular flexibility index (Phi) is 4.42. The molecule has 2 rings (SSSR count). The van der Waals surface area contributed by atoms with Crippen LogP contribution in [-0.4, -0.2) is 6.61 Å². The quantitative estimate of drug-likeness (QED) is 0.642. The van der Waals surface area contributed by atoms with Crippen LogP contribution in [0.2, 0.25) is 5.02 Å². The van der Waals surface area contributed by atoms with Crippen molar-refractivity contribution in [1.82, 2.24) is 0 Å². The molecule has 0 radical (unpaired) electrons. The van der Waals surface area contributed by atoms with Crippen LogP contribution in [0.1, 0.15) is 0 Å². The highest BCUT2D eigenvalue weighted by atomic mass is 35.5. The number of nitrogens with two attached hydrogens (primary N) is 1. The highest BCUT2D eigenvalue weighted by molar-refractivity contribution is 6.30. The van der Waals surface area contributed by atoms with E-state index in [9.17, 15) is 17.6 Å². The summed E-state index contributed by atoms with van der Waals surface area (Å²) in [4.78, 5) is 0. The van der Waals surface area contributed by atoms with Gasteiger partial charge in [0.15, 0.2) is 11.6 Å². The minimum Gasteiger partial charge on any atom is -0.432 e. The van der Waals surface area contributed by atoms with Gasteiger partial charge in [-0.3, -0.25) is 0 Å². The average Bonchev–Trinajstić information content (AvgIpc) is 2.37. The molecular weight excluding hydrogens is 312 g/mol. The maximum absolute atomic E-state index is 13.6. The van der Waals surface area contributed by atoms with Gasteiger partial charge in [0.2, 0.25) is 0 Å². The van der Waals surface area contributed by atoms with Crippen LogP contribution in [-0.2, 0) is 0 Å². The maximum atomic E-state index is 13.6. The Hall–Kier alpha value is -2.15. The Bertz CT molecular complexity index is 667. The van der Waals surface area contributed by atoms with Crippen molar-refractivity contribution in [2.45, 2.75) is 6.61 Å². The zero-order chi connectivity index (χ0) is 15.6. The number of hydrogen-bond donors (Lipinski definition) is 2. The van der Waals surface area contributed by atoms with Gasteiger partial charge in [-0.05, 0) is 18.2 Å². The lowest BCUT2D eigenvalue weighted by molar-refractivity contribution is -0.0521. The van der Waals surface area contributed by atoms with Crippen molar-refractivity contribution >= 4 is 28.7 Å². The number of benzene rings is 2. The fraction of sp³-hybridized carbons (Fsp3) is 0.0769. The number of rotatable bonds is 4. The summed E-state index contributed by atoms with van der Waals surface area (Å²) in [5.74, 6) is -2.42. The molecule has 0 unspecified atom stereocenters. The second-order valence-electron chi connectivity index (χ2n) is 4.00. The molecule has 0 aromatic heterocycles. The first kappa shape index (κ1) is 15.2. The summed E-state index contributed by atoms with van der Waals surface area (Å²) in [6.45, 7) is -3.19. The standard InChI is InChI=1S/C13H9ClF4N2O/c14-6-1-2-10(7(15)3-6)20-11-5-12(21-13(17)18)8(16)4-9(11)19/h1-5,13,20H,19H2. The molecule has 0 aliphatic carbocycles. The van der Waals surface area contributed by atoms with Gasteiger partial charge >= 0.3 is 6.61 Å². The van der Waals surface area contributed by atoms with Crippen LogP contribution in [0.15, 0.2) is 30.3 Å². The third-order valence-electron chi connectivity index (χ3n) is 2.52. The van der Waals surface area contributed by atoms with E-state index in [1.807, 2.05) is 0 Å². The van der Waals surface area contributed by atoms with Crippen LogP contribution in [0.3, 0.4) is 0 Å². The molecule has 8 heteroatoms. The fourth-order valence-corrected chi connectivity index (χ4v) is 1.76. The molecule has 0 amide bonds. The third kappa shape index (κ3) is 3.69. The second-order valence-corrected chi connectivity index (χ2v) is 4.43. The first-order chi connectivity index (χ1) is 9.86. The van der Waals surface area contributed by atoms with Crippen molar-refractivity contribution in [1.29, 1.82) is 0 Å². The SMILES string of the molecule is Nc1cc(F)c(OC(F)F)cc1Nc1ccc(Cl)cc1F. The van der Waals surface area contributed by atoms with E-state index in [0.717, 1.165) is 18.2 Å².